The van der Waals surface area contributed by atoms with Crippen molar-refractivity contribution < 1.29 is 19.2 Å². The number of aromatic nitrogens is 2. The first-order chi connectivity index (χ1) is 13.9. The molecular formula is C19H24N4O5S. The van der Waals surface area contributed by atoms with Crippen LogP contribution in [0.2, 0.25) is 0 Å². The van der Waals surface area contributed by atoms with Gasteiger partial charge in [-0.1, -0.05) is 6.92 Å². The van der Waals surface area contributed by atoms with Crippen LogP contribution < -0.4 is 5.32 Å². The van der Waals surface area contributed by atoms with Gasteiger partial charge in [0.15, 0.2) is 0 Å². The molecule has 3 rings (SSSR count). The molecule has 2 aromatic rings. The molecule has 0 unspecified atom stereocenters. The molecule has 29 heavy (non-hydrogen) atoms. The van der Waals surface area contributed by atoms with E-state index in [9.17, 15) is 19.7 Å². The molecular weight excluding hydrogens is 396 g/mol. The topological polar surface area (TPSA) is 116 Å². The summed E-state index contributed by atoms with van der Waals surface area (Å²) >= 11 is 1.44. The molecule has 0 radical (unpaired) electrons. The molecule has 0 bridgehead atoms. The normalized spacial score (nSPS) is 13.0. The Hall–Kier alpha value is -2.75. The van der Waals surface area contributed by atoms with Gasteiger partial charge in [0.1, 0.15) is 16.9 Å². The summed E-state index contributed by atoms with van der Waals surface area (Å²) < 4.78 is 6.72. The quantitative estimate of drug-likeness (QED) is 0.396. The molecule has 0 aromatic carbocycles. The van der Waals surface area contributed by atoms with Gasteiger partial charge in [0, 0.05) is 17.8 Å². The molecule has 2 heterocycles. The lowest BCUT2D eigenvalue weighted by Crippen LogP contribution is -2.17. The molecule has 0 saturated heterocycles. The summed E-state index contributed by atoms with van der Waals surface area (Å²) in [4.78, 5) is 36.6. The van der Waals surface area contributed by atoms with Crippen molar-refractivity contribution in [3.63, 3.8) is 0 Å². The van der Waals surface area contributed by atoms with Crippen LogP contribution in [0.1, 0.15) is 59.1 Å². The average molecular weight is 420 g/mol. The number of carbonyl (C=O) groups excluding carboxylic acids is 2. The number of aryl methyl sites for hydroxylation is 3. The number of esters is 1. The number of nitro groups is 1. The second-order valence-corrected chi connectivity index (χ2v) is 8.07. The van der Waals surface area contributed by atoms with E-state index in [1.807, 2.05) is 6.92 Å². The molecule has 1 aliphatic rings. The third-order valence-corrected chi connectivity index (χ3v) is 5.96. The fourth-order valence-electron chi connectivity index (χ4n) is 3.34. The maximum atomic E-state index is 12.6. The zero-order chi connectivity index (χ0) is 21.0. The van der Waals surface area contributed by atoms with Gasteiger partial charge in [-0.15, -0.1) is 11.3 Å². The fourth-order valence-corrected chi connectivity index (χ4v) is 4.64. The van der Waals surface area contributed by atoms with E-state index in [2.05, 4.69) is 10.4 Å². The number of hydrogen-bond donors (Lipinski definition) is 1. The van der Waals surface area contributed by atoms with Crippen molar-refractivity contribution >= 4 is 33.9 Å². The Labute approximate surface area is 172 Å². The zero-order valence-corrected chi connectivity index (χ0v) is 17.3. The van der Waals surface area contributed by atoms with Gasteiger partial charge < -0.3 is 10.1 Å². The first kappa shape index (κ1) is 21.0. The summed E-state index contributed by atoms with van der Waals surface area (Å²) in [5, 5.41) is 18.4. The summed E-state index contributed by atoms with van der Waals surface area (Å²) in [6, 6.07) is 0. The van der Waals surface area contributed by atoms with Crippen molar-refractivity contribution in [2.75, 3.05) is 11.9 Å². The molecule has 0 aliphatic heterocycles. The molecule has 0 atom stereocenters. The van der Waals surface area contributed by atoms with Crippen molar-refractivity contribution in [1.82, 2.24) is 9.78 Å². The monoisotopic (exact) mass is 420 g/mol. The SMILES string of the molecule is CCCOC(=O)c1c(NC(=O)CCn2cc([N+](=O)[O-])c(C)n2)sc2c1CCCC2. The summed E-state index contributed by atoms with van der Waals surface area (Å²) in [6.45, 7) is 4.04. The predicted molar refractivity (Wildman–Crippen MR) is 108 cm³/mol. The lowest BCUT2D eigenvalue weighted by atomic mass is 9.95. The first-order valence-corrected chi connectivity index (χ1v) is 10.5. The van der Waals surface area contributed by atoms with Gasteiger partial charge in [-0.25, -0.2) is 4.79 Å². The Morgan fingerprint density at radius 3 is 2.83 bits per heavy atom. The summed E-state index contributed by atoms with van der Waals surface area (Å²) in [6.07, 6.45) is 5.94. The van der Waals surface area contributed by atoms with Crippen LogP contribution >= 0.6 is 11.3 Å². The van der Waals surface area contributed by atoms with Crippen LogP contribution in [0.15, 0.2) is 6.20 Å². The highest BCUT2D eigenvalue weighted by molar-refractivity contribution is 7.17. The van der Waals surface area contributed by atoms with E-state index in [0.29, 0.717) is 22.9 Å². The van der Waals surface area contributed by atoms with E-state index in [-0.39, 0.29) is 30.5 Å². The minimum atomic E-state index is -0.497. The Kier molecular flexibility index (Phi) is 6.63. The predicted octanol–water partition coefficient (Wildman–Crippen LogP) is 3.64. The first-order valence-electron chi connectivity index (χ1n) is 9.70. The third kappa shape index (κ3) is 4.81. The molecule has 10 heteroatoms. The molecule has 2 aromatic heterocycles. The van der Waals surface area contributed by atoms with Gasteiger partial charge in [-0.05, 0) is 44.6 Å². The molecule has 156 valence electrons. The summed E-state index contributed by atoms with van der Waals surface area (Å²) in [7, 11) is 0. The Morgan fingerprint density at radius 1 is 1.38 bits per heavy atom. The highest BCUT2D eigenvalue weighted by Gasteiger charge is 2.27. The fraction of sp³-hybridized carbons (Fsp3) is 0.526. The van der Waals surface area contributed by atoms with Crippen molar-refractivity contribution in [2.45, 2.75) is 58.9 Å². The Balaban J connectivity index is 1.71. The largest absolute Gasteiger partial charge is 0.462 e. The number of amides is 1. The Bertz CT molecular complexity index is 933. The van der Waals surface area contributed by atoms with Gasteiger partial charge in [-0.2, -0.15) is 5.10 Å². The van der Waals surface area contributed by atoms with Crippen LogP contribution in [0.5, 0.6) is 0 Å². The second kappa shape index (κ2) is 9.17. The van der Waals surface area contributed by atoms with E-state index >= 15 is 0 Å². The van der Waals surface area contributed by atoms with Crippen molar-refractivity contribution in [2.24, 2.45) is 0 Å². The molecule has 0 fully saturated rings. The number of rotatable bonds is 8. The van der Waals surface area contributed by atoms with E-state index in [4.69, 9.17) is 4.74 Å². The van der Waals surface area contributed by atoms with Gasteiger partial charge >= 0.3 is 11.7 Å². The summed E-state index contributed by atoms with van der Waals surface area (Å²) in [5.41, 5.74) is 1.72. The van der Waals surface area contributed by atoms with Crippen molar-refractivity contribution in [3.8, 4) is 0 Å². The van der Waals surface area contributed by atoms with Crippen molar-refractivity contribution in [3.05, 3.63) is 38.0 Å². The second-order valence-electron chi connectivity index (χ2n) is 6.97. The van der Waals surface area contributed by atoms with Gasteiger partial charge in [0.05, 0.1) is 17.1 Å². The number of hydrogen-bond acceptors (Lipinski definition) is 7. The van der Waals surface area contributed by atoms with E-state index in [1.165, 1.54) is 22.2 Å². The highest BCUT2D eigenvalue weighted by Crippen LogP contribution is 2.38. The Morgan fingerprint density at radius 2 is 2.14 bits per heavy atom. The molecule has 9 nitrogen and oxygen atoms in total. The molecule has 0 spiro atoms. The number of anilines is 1. The van der Waals surface area contributed by atoms with Gasteiger partial charge in [0.25, 0.3) is 0 Å². The van der Waals surface area contributed by atoms with Crippen LogP contribution in [0.3, 0.4) is 0 Å². The van der Waals surface area contributed by atoms with Gasteiger partial charge in [0.2, 0.25) is 5.91 Å². The maximum Gasteiger partial charge on any atom is 0.341 e. The van der Waals surface area contributed by atoms with Crippen LogP contribution in [0.4, 0.5) is 10.7 Å². The number of nitrogens with one attached hydrogen (secondary N) is 1. The molecule has 0 saturated carbocycles. The molecule has 1 aliphatic carbocycles. The minimum absolute atomic E-state index is 0.0719. The van der Waals surface area contributed by atoms with E-state index in [0.717, 1.165) is 42.5 Å². The minimum Gasteiger partial charge on any atom is -0.462 e. The number of carbonyl (C=O) groups is 2. The van der Waals surface area contributed by atoms with Crippen LogP contribution in [-0.4, -0.2) is 33.2 Å². The lowest BCUT2D eigenvalue weighted by molar-refractivity contribution is -0.385. The van der Waals surface area contributed by atoms with E-state index in [1.54, 1.807) is 6.92 Å². The molecule has 1 amide bonds. The average Bonchev–Trinajstić information content (AvgIpc) is 3.24. The summed E-state index contributed by atoms with van der Waals surface area (Å²) in [5.74, 6) is -0.663. The third-order valence-electron chi connectivity index (χ3n) is 4.75. The standard InChI is InChI=1S/C19H24N4O5S/c1-3-10-28-19(25)17-13-6-4-5-7-15(13)29-18(17)20-16(24)8-9-22-11-14(23(26)27)12(2)21-22/h11H,3-10H2,1-2H3,(H,20,24). The number of thiophene rings is 1. The smallest absolute Gasteiger partial charge is 0.341 e. The van der Waals surface area contributed by atoms with Crippen LogP contribution in [-0.2, 0) is 28.9 Å². The number of nitrogens with zero attached hydrogens (tertiary/aromatic N) is 3. The van der Waals surface area contributed by atoms with Crippen LogP contribution in [0.25, 0.3) is 0 Å². The van der Waals surface area contributed by atoms with Crippen molar-refractivity contribution in [1.29, 1.82) is 0 Å². The number of ether oxygens (including phenoxy) is 1. The van der Waals surface area contributed by atoms with Crippen LogP contribution in [0, 0.1) is 17.0 Å². The zero-order valence-electron chi connectivity index (χ0n) is 16.5. The van der Waals surface area contributed by atoms with Gasteiger partial charge in [-0.3, -0.25) is 19.6 Å². The maximum absolute atomic E-state index is 12.6. The number of fused-ring (bicyclic) bond motifs is 1. The highest BCUT2D eigenvalue weighted by atomic mass is 32.1. The van der Waals surface area contributed by atoms with E-state index < -0.39 is 4.92 Å². The lowest BCUT2D eigenvalue weighted by Gasteiger charge is -2.12. The molecule has 1 N–H and O–H groups in total.